The number of carbonyl (C=O) groups excluding carboxylic acids is 1. The van der Waals surface area contributed by atoms with Gasteiger partial charge in [0.15, 0.2) is 0 Å². The van der Waals surface area contributed by atoms with Crippen molar-refractivity contribution in [2.24, 2.45) is 5.92 Å². The summed E-state index contributed by atoms with van der Waals surface area (Å²) in [4.78, 5) is 17.1. The minimum Gasteiger partial charge on any atom is -0.497 e. The second-order valence-corrected chi connectivity index (χ2v) is 6.57. The van der Waals surface area contributed by atoms with Crippen molar-refractivity contribution < 1.29 is 24.1 Å². The van der Waals surface area contributed by atoms with Crippen LogP contribution in [0.5, 0.6) is 17.4 Å². The molecule has 7 heteroatoms. The summed E-state index contributed by atoms with van der Waals surface area (Å²) in [6.07, 6.45) is 2.65. The highest BCUT2D eigenvalue weighted by atomic mass is 16.5. The monoisotopic (exact) mass is 372 g/mol. The number of benzene rings is 1. The molecule has 1 amide bonds. The van der Waals surface area contributed by atoms with E-state index in [4.69, 9.17) is 14.2 Å². The normalized spacial score (nSPS) is 19.6. The van der Waals surface area contributed by atoms with Crippen molar-refractivity contribution in [2.45, 2.75) is 25.0 Å². The van der Waals surface area contributed by atoms with Gasteiger partial charge in [0.25, 0.3) is 5.91 Å². The second kappa shape index (κ2) is 8.26. The van der Waals surface area contributed by atoms with E-state index in [0.717, 1.165) is 5.56 Å². The molecule has 1 fully saturated rings. The number of hydrogen-bond acceptors (Lipinski definition) is 6. The number of ether oxygens (including phenoxy) is 3. The number of rotatable bonds is 7. The lowest BCUT2D eigenvalue weighted by Gasteiger charge is -2.38. The van der Waals surface area contributed by atoms with Gasteiger partial charge < -0.3 is 24.6 Å². The van der Waals surface area contributed by atoms with Gasteiger partial charge in [0, 0.05) is 23.9 Å². The van der Waals surface area contributed by atoms with E-state index in [2.05, 4.69) is 10.3 Å². The lowest BCUT2D eigenvalue weighted by atomic mass is 9.75. The van der Waals surface area contributed by atoms with Crippen molar-refractivity contribution in [1.82, 2.24) is 10.3 Å². The number of aromatic nitrogens is 1. The van der Waals surface area contributed by atoms with Crippen molar-refractivity contribution in [3.63, 3.8) is 0 Å². The maximum absolute atomic E-state index is 12.9. The molecule has 0 bridgehead atoms. The lowest BCUT2D eigenvalue weighted by molar-refractivity contribution is 0.0234. The van der Waals surface area contributed by atoms with Crippen LogP contribution in [0.25, 0.3) is 0 Å². The number of carbonyl (C=O) groups is 1. The van der Waals surface area contributed by atoms with Crippen LogP contribution in [0, 0.1) is 5.92 Å². The Morgan fingerprint density at radius 3 is 2.26 bits per heavy atom. The summed E-state index contributed by atoms with van der Waals surface area (Å²) in [5.74, 6) is 1.50. The number of nitrogens with zero attached hydrogens (tertiary/aromatic N) is 1. The van der Waals surface area contributed by atoms with E-state index < -0.39 is 0 Å². The molecule has 2 N–H and O–H groups in total. The topological polar surface area (TPSA) is 89.9 Å². The Balaban J connectivity index is 1.84. The van der Waals surface area contributed by atoms with Gasteiger partial charge in [-0.2, -0.15) is 0 Å². The van der Waals surface area contributed by atoms with Gasteiger partial charge in [0.05, 0.1) is 33.5 Å². The molecule has 1 aliphatic rings. The molecule has 0 saturated heterocycles. The first kappa shape index (κ1) is 19.0. The van der Waals surface area contributed by atoms with Crippen LogP contribution in [-0.2, 0) is 0 Å². The molecule has 144 valence electrons. The Labute approximate surface area is 158 Å². The molecular weight excluding hydrogens is 348 g/mol. The molecule has 0 aliphatic heterocycles. The molecule has 1 aromatic heterocycles. The number of hydrogen-bond donors (Lipinski definition) is 2. The average molecular weight is 372 g/mol. The number of nitrogens with one attached hydrogen (secondary N) is 1. The van der Waals surface area contributed by atoms with E-state index >= 15 is 0 Å². The Morgan fingerprint density at radius 2 is 1.78 bits per heavy atom. The van der Waals surface area contributed by atoms with Crippen molar-refractivity contribution in [2.75, 3.05) is 21.3 Å². The predicted molar refractivity (Wildman–Crippen MR) is 99.3 cm³/mol. The molecule has 1 aromatic carbocycles. The molecule has 27 heavy (non-hydrogen) atoms. The molecule has 2 aromatic rings. The maximum atomic E-state index is 12.9. The summed E-state index contributed by atoms with van der Waals surface area (Å²) in [5.41, 5.74) is 1.31. The lowest BCUT2D eigenvalue weighted by Crippen LogP contribution is -2.41. The van der Waals surface area contributed by atoms with Gasteiger partial charge in [-0.15, -0.1) is 0 Å². The first-order valence-corrected chi connectivity index (χ1v) is 8.76. The molecule has 1 unspecified atom stereocenters. The van der Waals surface area contributed by atoms with Crippen molar-refractivity contribution in [3.05, 3.63) is 47.7 Å². The van der Waals surface area contributed by atoms with Gasteiger partial charge in [-0.1, -0.05) is 6.07 Å². The highest BCUT2D eigenvalue weighted by molar-refractivity contribution is 5.95. The summed E-state index contributed by atoms with van der Waals surface area (Å²) in [6, 6.07) is 8.43. The summed E-state index contributed by atoms with van der Waals surface area (Å²) < 4.78 is 15.6. The van der Waals surface area contributed by atoms with Gasteiger partial charge in [0.2, 0.25) is 5.88 Å². The summed E-state index contributed by atoms with van der Waals surface area (Å²) in [5, 5.41) is 12.8. The Hall–Kier alpha value is -2.80. The average Bonchev–Trinajstić information content (AvgIpc) is 2.69. The van der Waals surface area contributed by atoms with Crippen LogP contribution in [-0.4, -0.2) is 43.4 Å². The van der Waals surface area contributed by atoms with Crippen LogP contribution in [0.4, 0.5) is 0 Å². The van der Waals surface area contributed by atoms with E-state index in [-0.39, 0.29) is 24.0 Å². The summed E-state index contributed by atoms with van der Waals surface area (Å²) in [7, 11) is 4.63. The maximum Gasteiger partial charge on any atom is 0.252 e. The van der Waals surface area contributed by atoms with Gasteiger partial charge in [-0.05, 0) is 36.5 Å². The van der Waals surface area contributed by atoms with Crippen molar-refractivity contribution in [3.8, 4) is 17.4 Å². The minimum atomic E-state index is -0.322. The van der Waals surface area contributed by atoms with E-state index in [1.165, 1.54) is 14.2 Å². The molecule has 1 saturated carbocycles. The van der Waals surface area contributed by atoms with Gasteiger partial charge >= 0.3 is 0 Å². The van der Waals surface area contributed by atoms with E-state index in [1.54, 1.807) is 37.6 Å². The molecule has 3 rings (SSSR count). The Bertz CT molecular complexity index is 765. The molecule has 1 aliphatic carbocycles. The third-order valence-electron chi connectivity index (χ3n) is 4.85. The van der Waals surface area contributed by atoms with E-state index in [0.29, 0.717) is 35.8 Å². The van der Waals surface area contributed by atoms with Crippen LogP contribution in [0.2, 0.25) is 0 Å². The fraction of sp³-hybridized carbons (Fsp3) is 0.400. The van der Waals surface area contributed by atoms with Gasteiger partial charge in [-0.25, -0.2) is 4.98 Å². The van der Waals surface area contributed by atoms with Crippen molar-refractivity contribution >= 4 is 5.91 Å². The largest absolute Gasteiger partial charge is 0.497 e. The zero-order valence-corrected chi connectivity index (χ0v) is 15.6. The number of pyridine rings is 1. The Morgan fingerprint density at radius 1 is 1.11 bits per heavy atom. The first-order valence-electron chi connectivity index (χ1n) is 8.76. The van der Waals surface area contributed by atoms with Crippen LogP contribution in [0.15, 0.2) is 36.5 Å². The quantitative estimate of drug-likeness (QED) is 0.775. The standard InChI is InChI=1S/C20H24N2O5/c1-25-16-8-14(9-17(10-16)26-2)20(24)22-19(13-6-15(23)7-13)12-4-5-18(27-3)21-11-12/h4-5,8-11,13,15,19,23H,6-7H2,1-3H3,(H,22,24). The zero-order valence-electron chi connectivity index (χ0n) is 15.6. The highest BCUT2D eigenvalue weighted by Crippen LogP contribution is 2.38. The fourth-order valence-corrected chi connectivity index (χ4v) is 3.23. The summed E-state index contributed by atoms with van der Waals surface area (Å²) in [6.45, 7) is 0. The SMILES string of the molecule is COc1cc(OC)cc(C(=O)NC(c2ccc(OC)nc2)C2CC(O)C2)c1. The Kier molecular flexibility index (Phi) is 5.81. The van der Waals surface area contributed by atoms with Gasteiger partial charge in [0.1, 0.15) is 11.5 Å². The highest BCUT2D eigenvalue weighted by Gasteiger charge is 2.36. The molecular formula is C20H24N2O5. The molecule has 1 atom stereocenters. The smallest absolute Gasteiger partial charge is 0.252 e. The number of amides is 1. The minimum absolute atomic E-state index is 0.145. The molecule has 0 spiro atoms. The number of aliphatic hydroxyl groups is 1. The molecule has 7 nitrogen and oxygen atoms in total. The van der Waals surface area contributed by atoms with Gasteiger partial charge in [-0.3, -0.25) is 4.79 Å². The molecule has 1 heterocycles. The molecule has 0 radical (unpaired) electrons. The van der Waals surface area contributed by atoms with E-state index in [9.17, 15) is 9.90 Å². The second-order valence-electron chi connectivity index (χ2n) is 6.57. The predicted octanol–water partition coefficient (Wildman–Crippen LogP) is 2.35. The number of aliphatic hydroxyl groups excluding tert-OH is 1. The van der Waals surface area contributed by atoms with Crippen LogP contribution in [0.3, 0.4) is 0 Å². The van der Waals surface area contributed by atoms with E-state index in [1.807, 2.05) is 6.07 Å². The summed E-state index contributed by atoms with van der Waals surface area (Å²) >= 11 is 0. The third kappa shape index (κ3) is 4.31. The first-order chi connectivity index (χ1) is 13.0. The van der Waals surface area contributed by atoms with Crippen LogP contribution < -0.4 is 19.5 Å². The number of methoxy groups -OCH3 is 3. The fourth-order valence-electron chi connectivity index (χ4n) is 3.23. The van der Waals surface area contributed by atoms with Crippen molar-refractivity contribution in [1.29, 1.82) is 0 Å². The zero-order chi connectivity index (χ0) is 19.4. The van der Waals surface area contributed by atoms with Crippen LogP contribution >= 0.6 is 0 Å². The van der Waals surface area contributed by atoms with Crippen LogP contribution in [0.1, 0.15) is 34.8 Å². The third-order valence-corrected chi connectivity index (χ3v) is 4.85.